The van der Waals surface area contributed by atoms with Gasteiger partial charge in [-0.05, 0) is 50.8 Å². The second kappa shape index (κ2) is 7.37. The molecule has 17 heavy (non-hydrogen) atoms. The maximum atomic E-state index is 4.50. The van der Waals surface area contributed by atoms with Gasteiger partial charge in [-0.1, -0.05) is 26.7 Å². The van der Waals surface area contributed by atoms with Gasteiger partial charge < -0.3 is 4.90 Å². The van der Waals surface area contributed by atoms with Crippen molar-refractivity contribution in [3.63, 3.8) is 0 Å². The molecule has 0 unspecified atom stereocenters. The van der Waals surface area contributed by atoms with Crippen molar-refractivity contribution in [2.45, 2.75) is 33.6 Å². The van der Waals surface area contributed by atoms with E-state index in [-0.39, 0.29) is 0 Å². The van der Waals surface area contributed by atoms with E-state index in [1.807, 2.05) is 6.20 Å². The quantitative estimate of drug-likeness (QED) is 0.716. The summed E-state index contributed by atoms with van der Waals surface area (Å²) < 4.78 is 2.06. The molecule has 0 atom stereocenters. The Hall–Kier alpha value is -0.0900. The first-order valence-corrected chi connectivity index (χ1v) is 7.76. The lowest BCUT2D eigenvalue weighted by Crippen LogP contribution is -2.30. The fraction of sp³-hybridized carbons (Fsp3) is 0.615. The van der Waals surface area contributed by atoms with Crippen LogP contribution in [-0.2, 0) is 0 Å². The molecule has 0 saturated carbocycles. The standard InChI is InChI=1S/C13H20Br2N2/c1-4-10(5-2)9-17(6-3)13-12(15)7-11(14)8-16-13/h7-8,10H,4-6,9H2,1-3H3. The molecule has 0 aliphatic carbocycles. The minimum absolute atomic E-state index is 0.743. The number of pyridine rings is 1. The summed E-state index contributed by atoms with van der Waals surface area (Å²) in [5, 5.41) is 0. The van der Waals surface area contributed by atoms with Crippen LogP contribution in [0.25, 0.3) is 0 Å². The number of nitrogens with zero attached hydrogens (tertiary/aromatic N) is 2. The Kier molecular flexibility index (Phi) is 6.49. The molecule has 0 amide bonds. The largest absolute Gasteiger partial charge is 0.356 e. The highest BCUT2D eigenvalue weighted by Crippen LogP contribution is 2.27. The summed E-state index contributed by atoms with van der Waals surface area (Å²) >= 11 is 7.02. The van der Waals surface area contributed by atoms with Crippen molar-refractivity contribution in [2.75, 3.05) is 18.0 Å². The summed E-state index contributed by atoms with van der Waals surface area (Å²) in [7, 11) is 0. The topological polar surface area (TPSA) is 16.1 Å². The third kappa shape index (κ3) is 4.25. The van der Waals surface area contributed by atoms with E-state index in [9.17, 15) is 0 Å². The average molecular weight is 364 g/mol. The summed E-state index contributed by atoms with van der Waals surface area (Å²) in [5.74, 6) is 1.79. The maximum Gasteiger partial charge on any atom is 0.142 e. The molecule has 0 aromatic carbocycles. The van der Waals surface area contributed by atoms with Gasteiger partial charge in [-0.25, -0.2) is 4.98 Å². The van der Waals surface area contributed by atoms with Crippen LogP contribution in [0, 0.1) is 5.92 Å². The van der Waals surface area contributed by atoms with Crippen LogP contribution in [0.2, 0.25) is 0 Å². The highest BCUT2D eigenvalue weighted by molar-refractivity contribution is 9.11. The predicted molar refractivity (Wildman–Crippen MR) is 81.6 cm³/mol. The first kappa shape index (κ1) is 15.0. The lowest BCUT2D eigenvalue weighted by molar-refractivity contribution is 0.484. The Morgan fingerprint density at radius 2 is 1.88 bits per heavy atom. The van der Waals surface area contributed by atoms with Crippen molar-refractivity contribution in [3.8, 4) is 0 Å². The Morgan fingerprint density at radius 3 is 2.35 bits per heavy atom. The lowest BCUT2D eigenvalue weighted by atomic mass is 10.0. The van der Waals surface area contributed by atoms with Gasteiger partial charge in [0.25, 0.3) is 0 Å². The van der Waals surface area contributed by atoms with Crippen molar-refractivity contribution in [1.29, 1.82) is 0 Å². The third-order valence-corrected chi connectivity index (χ3v) is 4.12. The number of halogens is 2. The van der Waals surface area contributed by atoms with Crippen molar-refractivity contribution in [2.24, 2.45) is 5.92 Å². The fourth-order valence-corrected chi connectivity index (χ4v) is 3.10. The van der Waals surface area contributed by atoms with E-state index in [0.717, 1.165) is 33.8 Å². The Balaban J connectivity index is 2.85. The minimum Gasteiger partial charge on any atom is -0.356 e. The number of anilines is 1. The van der Waals surface area contributed by atoms with Crippen LogP contribution in [0.5, 0.6) is 0 Å². The van der Waals surface area contributed by atoms with Crippen LogP contribution in [0.15, 0.2) is 21.2 Å². The first-order valence-electron chi connectivity index (χ1n) is 6.18. The van der Waals surface area contributed by atoms with Gasteiger partial charge in [0.1, 0.15) is 5.82 Å². The summed E-state index contributed by atoms with van der Waals surface area (Å²) in [6.07, 6.45) is 4.30. The van der Waals surface area contributed by atoms with Gasteiger partial charge in [0.2, 0.25) is 0 Å². The zero-order valence-electron chi connectivity index (χ0n) is 10.7. The van der Waals surface area contributed by atoms with E-state index in [1.165, 1.54) is 12.8 Å². The van der Waals surface area contributed by atoms with E-state index >= 15 is 0 Å². The lowest BCUT2D eigenvalue weighted by Gasteiger charge is -2.27. The number of rotatable bonds is 6. The molecule has 1 aromatic heterocycles. The van der Waals surface area contributed by atoms with E-state index < -0.39 is 0 Å². The fourth-order valence-electron chi connectivity index (χ4n) is 1.86. The van der Waals surface area contributed by atoms with Gasteiger partial charge >= 0.3 is 0 Å². The molecule has 0 fully saturated rings. The van der Waals surface area contributed by atoms with E-state index in [0.29, 0.717) is 0 Å². The second-order valence-corrected chi connectivity index (χ2v) is 5.95. The van der Waals surface area contributed by atoms with Gasteiger partial charge in [-0.15, -0.1) is 0 Å². The third-order valence-electron chi connectivity index (χ3n) is 3.10. The normalized spacial score (nSPS) is 10.9. The molecule has 2 nitrogen and oxygen atoms in total. The molecule has 0 bridgehead atoms. The molecule has 0 spiro atoms. The maximum absolute atomic E-state index is 4.50. The Bertz CT molecular complexity index is 351. The zero-order valence-corrected chi connectivity index (χ0v) is 13.9. The summed E-state index contributed by atoms with van der Waals surface area (Å²) in [5.41, 5.74) is 0. The SMILES string of the molecule is CCC(CC)CN(CC)c1ncc(Br)cc1Br. The van der Waals surface area contributed by atoms with E-state index in [2.05, 4.69) is 68.6 Å². The predicted octanol–water partition coefficient (Wildman–Crippen LogP) is 4.87. The number of hydrogen-bond donors (Lipinski definition) is 0. The van der Waals surface area contributed by atoms with Crippen LogP contribution in [0.4, 0.5) is 5.82 Å². The average Bonchev–Trinajstić information content (AvgIpc) is 2.32. The molecular weight excluding hydrogens is 344 g/mol. The van der Waals surface area contributed by atoms with Crippen LogP contribution < -0.4 is 4.90 Å². The number of hydrogen-bond acceptors (Lipinski definition) is 2. The minimum atomic E-state index is 0.743. The molecule has 1 aromatic rings. The molecule has 0 N–H and O–H groups in total. The van der Waals surface area contributed by atoms with Gasteiger partial charge in [-0.2, -0.15) is 0 Å². The highest BCUT2D eigenvalue weighted by atomic mass is 79.9. The van der Waals surface area contributed by atoms with Crippen LogP contribution in [-0.4, -0.2) is 18.1 Å². The zero-order chi connectivity index (χ0) is 12.8. The van der Waals surface area contributed by atoms with Gasteiger partial charge in [0.05, 0.1) is 4.47 Å². The summed E-state index contributed by atoms with van der Waals surface area (Å²) in [6, 6.07) is 2.05. The van der Waals surface area contributed by atoms with Crippen LogP contribution in [0.3, 0.4) is 0 Å². The van der Waals surface area contributed by atoms with Crippen molar-refractivity contribution < 1.29 is 0 Å². The molecule has 96 valence electrons. The molecule has 0 aliphatic heterocycles. The molecular formula is C13H20Br2N2. The highest BCUT2D eigenvalue weighted by Gasteiger charge is 2.14. The van der Waals surface area contributed by atoms with Crippen LogP contribution in [0.1, 0.15) is 33.6 Å². The smallest absolute Gasteiger partial charge is 0.142 e. The molecule has 0 aliphatic rings. The van der Waals surface area contributed by atoms with Crippen molar-refractivity contribution in [1.82, 2.24) is 4.98 Å². The van der Waals surface area contributed by atoms with E-state index in [1.54, 1.807) is 0 Å². The van der Waals surface area contributed by atoms with Crippen LogP contribution >= 0.6 is 31.9 Å². The van der Waals surface area contributed by atoms with Gasteiger partial charge in [-0.3, -0.25) is 0 Å². The van der Waals surface area contributed by atoms with E-state index in [4.69, 9.17) is 0 Å². The van der Waals surface area contributed by atoms with Gasteiger partial charge in [0.15, 0.2) is 0 Å². The molecule has 0 radical (unpaired) electrons. The van der Waals surface area contributed by atoms with Crippen molar-refractivity contribution in [3.05, 3.63) is 21.2 Å². The first-order chi connectivity index (χ1) is 8.12. The molecule has 1 heterocycles. The molecule has 4 heteroatoms. The monoisotopic (exact) mass is 362 g/mol. The van der Waals surface area contributed by atoms with Crippen molar-refractivity contribution >= 4 is 37.7 Å². The second-order valence-electron chi connectivity index (χ2n) is 4.18. The Labute approximate surface area is 121 Å². The summed E-state index contributed by atoms with van der Waals surface area (Å²) in [4.78, 5) is 6.84. The van der Waals surface area contributed by atoms with Gasteiger partial charge in [0, 0.05) is 23.8 Å². The Morgan fingerprint density at radius 1 is 1.24 bits per heavy atom. The number of aromatic nitrogens is 1. The molecule has 0 saturated heterocycles. The summed E-state index contributed by atoms with van der Waals surface area (Å²) in [6.45, 7) is 8.76. The molecule has 1 rings (SSSR count).